The Hall–Kier alpha value is -1.77. The third-order valence-corrected chi connectivity index (χ3v) is 2.30. The summed E-state index contributed by atoms with van der Waals surface area (Å²) in [5.41, 5.74) is -5.65. The molecule has 0 N–H and O–H groups in total. The number of alkyl halides is 6. The molecule has 0 bridgehead atoms. The van der Waals surface area contributed by atoms with Crippen LogP contribution in [0.3, 0.4) is 0 Å². The zero-order chi connectivity index (χ0) is 15.6. The highest BCUT2D eigenvalue weighted by atomic mass is 19.4. The molecule has 0 fully saturated rings. The van der Waals surface area contributed by atoms with E-state index in [0.29, 0.717) is 0 Å². The third kappa shape index (κ3) is 3.03. The lowest BCUT2D eigenvalue weighted by Crippen LogP contribution is -2.71. The molecule has 0 unspecified atom stereocenters. The lowest BCUT2D eigenvalue weighted by Gasteiger charge is -2.40. The van der Waals surface area contributed by atoms with Gasteiger partial charge in [0, 0.05) is 0 Å². The van der Waals surface area contributed by atoms with Crippen LogP contribution < -0.4 is 5.11 Å². The van der Waals surface area contributed by atoms with Crippen LogP contribution in [0, 0.1) is 0 Å². The number of ether oxygens (including phenoxy) is 1. The van der Waals surface area contributed by atoms with Crippen molar-refractivity contribution in [1.29, 1.82) is 0 Å². The van der Waals surface area contributed by atoms with Crippen LogP contribution in [0.15, 0.2) is 30.3 Å². The van der Waals surface area contributed by atoms with Crippen LogP contribution in [0.2, 0.25) is 0 Å². The molecule has 0 spiro atoms. The van der Waals surface area contributed by atoms with Gasteiger partial charge in [0.1, 0.15) is 6.61 Å². The van der Waals surface area contributed by atoms with Crippen molar-refractivity contribution in [1.82, 2.24) is 0 Å². The van der Waals surface area contributed by atoms with Gasteiger partial charge in [0.25, 0.3) is 0 Å². The molecule has 0 aliphatic heterocycles. The standard InChI is InChI=1S/C11H7F6O3/c12-10(13,14)9(19,11(15,16)17)8(18)20-6-7-4-2-1-3-5-7/h1-5H,6H2/q-1. The van der Waals surface area contributed by atoms with Crippen LogP contribution >= 0.6 is 0 Å². The number of carbonyl (C=O) groups is 1. The Morgan fingerprint density at radius 2 is 1.45 bits per heavy atom. The molecule has 112 valence electrons. The van der Waals surface area contributed by atoms with Gasteiger partial charge in [-0.3, -0.25) is 4.79 Å². The van der Waals surface area contributed by atoms with E-state index in [1.54, 1.807) is 0 Å². The van der Waals surface area contributed by atoms with Gasteiger partial charge in [0.05, 0.1) is 0 Å². The van der Waals surface area contributed by atoms with Gasteiger partial charge >= 0.3 is 18.3 Å². The number of rotatable bonds is 3. The lowest BCUT2D eigenvalue weighted by atomic mass is 10.0. The van der Waals surface area contributed by atoms with E-state index in [-0.39, 0.29) is 5.56 Å². The normalized spacial score (nSPS) is 13.2. The Balaban J connectivity index is 2.92. The van der Waals surface area contributed by atoms with Crippen LogP contribution in [0.4, 0.5) is 26.3 Å². The van der Waals surface area contributed by atoms with E-state index >= 15 is 0 Å². The summed E-state index contributed by atoms with van der Waals surface area (Å²) in [4.78, 5) is 11.0. The van der Waals surface area contributed by atoms with Gasteiger partial charge in [-0.25, -0.2) is 0 Å². The zero-order valence-corrected chi connectivity index (χ0v) is 9.59. The first-order valence-electron chi connectivity index (χ1n) is 5.05. The van der Waals surface area contributed by atoms with E-state index in [2.05, 4.69) is 4.74 Å². The summed E-state index contributed by atoms with van der Waals surface area (Å²) in [5.74, 6) is -2.93. The van der Waals surface area contributed by atoms with E-state index in [1.165, 1.54) is 30.3 Å². The monoisotopic (exact) mass is 301 g/mol. The summed E-state index contributed by atoms with van der Waals surface area (Å²) >= 11 is 0. The number of hydrogen-bond donors (Lipinski definition) is 0. The largest absolute Gasteiger partial charge is 0.828 e. The van der Waals surface area contributed by atoms with Crippen LogP contribution in [0.5, 0.6) is 0 Å². The maximum atomic E-state index is 12.2. The van der Waals surface area contributed by atoms with Crippen LogP contribution in [0.25, 0.3) is 0 Å². The Kier molecular flexibility index (Phi) is 4.33. The van der Waals surface area contributed by atoms with Gasteiger partial charge in [0.2, 0.25) is 0 Å². The van der Waals surface area contributed by atoms with Gasteiger partial charge < -0.3 is 9.84 Å². The molecule has 1 aromatic rings. The highest BCUT2D eigenvalue weighted by Crippen LogP contribution is 2.41. The molecule has 0 atom stereocenters. The topological polar surface area (TPSA) is 49.4 Å². The highest BCUT2D eigenvalue weighted by Gasteiger charge is 2.68. The van der Waals surface area contributed by atoms with E-state index in [9.17, 15) is 36.2 Å². The predicted octanol–water partition coefficient (Wildman–Crippen LogP) is 1.95. The minimum absolute atomic E-state index is 0.146. The summed E-state index contributed by atoms with van der Waals surface area (Å²) in [6.07, 6.45) is -12.7. The van der Waals surface area contributed by atoms with E-state index < -0.39 is 30.5 Å². The average molecular weight is 301 g/mol. The summed E-state index contributed by atoms with van der Waals surface area (Å²) in [6.45, 7) is -0.865. The van der Waals surface area contributed by atoms with Crippen LogP contribution in [0.1, 0.15) is 5.56 Å². The molecule has 0 amide bonds. The summed E-state index contributed by atoms with van der Waals surface area (Å²) in [5, 5.41) is 10.9. The quantitative estimate of drug-likeness (QED) is 0.633. The first-order chi connectivity index (χ1) is 9.00. The molecular weight excluding hydrogens is 294 g/mol. The Labute approximate surface area is 108 Å². The Morgan fingerprint density at radius 1 is 1.00 bits per heavy atom. The zero-order valence-electron chi connectivity index (χ0n) is 9.59. The molecule has 0 saturated carbocycles. The van der Waals surface area contributed by atoms with E-state index in [4.69, 9.17) is 0 Å². The van der Waals surface area contributed by atoms with Crippen molar-refractivity contribution in [2.45, 2.75) is 24.6 Å². The average Bonchev–Trinajstić information content (AvgIpc) is 2.33. The maximum Gasteiger partial charge on any atom is 0.399 e. The number of hydrogen-bond acceptors (Lipinski definition) is 3. The fraction of sp³-hybridized carbons (Fsp3) is 0.364. The summed E-state index contributed by atoms with van der Waals surface area (Å²) in [7, 11) is 0. The van der Waals surface area contributed by atoms with Crippen molar-refractivity contribution in [3.8, 4) is 0 Å². The van der Waals surface area contributed by atoms with Gasteiger partial charge in [-0.1, -0.05) is 30.3 Å². The second kappa shape index (κ2) is 5.31. The van der Waals surface area contributed by atoms with Gasteiger partial charge in [-0.2, -0.15) is 26.3 Å². The smallest absolute Gasteiger partial charge is 0.399 e. The number of carbonyl (C=O) groups excluding carboxylic acids is 1. The second-order valence-electron chi connectivity index (χ2n) is 3.74. The summed E-state index contributed by atoms with van der Waals surface area (Å²) < 4.78 is 77.3. The van der Waals surface area contributed by atoms with Crippen LogP contribution in [-0.4, -0.2) is 23.9 Å². The van der Waals surface area contributed by atoms with Crippen LogP contribution in [-0.2, 0) is 16.1 Å². The minimum Gasteiger partial charge on any atom is -0.828 e. The third-order valence-electron chi connectivity index (χ3n) is 2.30. The maximum absolute atomic E-state index is 12.2. The van der Waals surface area contributed by atoms with Crippen molar-refractivity contribution >= 4 is 5.97 Å². The molecule has 0 aromatic heterocycles. The molecular formula is C11H7F6O3-. The van der Waals surface area contributed by atoms with Crippen molar-refractivity contribution in [3.05, 3.63) is 35.9 Å². The molecule has 3 nitrogen and oxygen atoms in total. The van der Waals surface area contributed by atoms with Crippen molar-refractivity contribution in [3.63, 3.8) is 0 Å². The summed E-state index contributed by atoms with van der Waals surface area (Å²) in [6, 6.07) is 7.01. The second-order valence-corrected chi connectivity index (χ2v) is 3.74. The van der Waals surface area contributed by atoms with E-state index in [1.807, 2.05) is 0 Å². The van der Waals surface area contributed by atoms with Crippen molar-refractivity contribution in [2.75, 3.05) is 0 Å². The van der Waals surface area contributed by atoms with Gasteiger partial charge in [-0.05, 0) is 5.56 Å². The molecule has 0 heterocycles. The lowest BCUT2D eigenvalue weighted by molar-refractivity contribution is -0.574. The number of benzene rings is 1. The van der Waals surface area contributed by atoms with Crippen molar-refractivity contribution in [2.24, 2.45) is 0 Å². The molecule has 20 heavy (non-hydrogen) atoms. The first kappa shape index (κ1) is 16.3. The number of halogens is 6. The van der Waals surface area contributed by atoms with Gasteiger partial charge in [0.15, 0.2) is 5.60 Å². The number of esters is 1. The molecule has 1 aromatic carbocycles. The fourth-order valence-electron chi connectivity index (χ4n) is 1.22. The molecule has 0 saturated heterocycles. The first-order valence-corrected chi connectivity index (χ1v) is 5.05. The Morgan fingerprint density at radius 3 is 1.85 bits per heavy atom. The SMILES string of the molecule is O=C(OCc1ccccc1)C([O-])(C(F)(F)F)C(F)(F)F. The molecule has 1 rings (SSSR count). The van der Waals surface area contributed by atoms with E-state index in [0.717, 1.165) is 0 Å². The molecule has 9 heteroatoms. The minimum atomic E-state index is -6.35. The Bertz CT molecular complexity index is 451. The fourth-order valence-corrected chi connectivity index (χ4v) is 1.22. The predicted molar refractivity (Wildman–Crippen MR) is 51.1 cm³/mol. The van der Waals surface area contributed by atoms with Gasteiger partial charge in [-0.15, -0.1) is 0 Å². The molecule has 0 aliphatic rings. The molecule has 0 aliphatic carbocycles. The highest BCUT2D eigenvalue weighted by molar-refractivity contribution is 5.81. The van der Waals surface area contributed by atoms with Crippen molar-refractivity contribution < 1.29 is 41.0 Å². The molecule has 0 radical (unpaired) electrons.